The summed E-state index contributed by atoms with van der Waals surface area (Å²) < 4.78 is 16.8. The second-order valence-electron chi connectivity index (χ2n) is 17.2. The molecule has 0 spiro atoms. The molecule has 316 valence electrons. The van der Waals surface area contributed by atoms with Crippen LogP contribution >= 0.6 is 0 Å². The van der Waals surface area contributed by atoms with Gasteiger partial charge in [-0.25, -0.2) is 14.8 Å². The number of amides is 3. The number of aromatic nitrogens is 4. The van der Waals surface area contributed by atoms with Crippen molar-refractivity contribution in [1.29, 1.82) is 0 Å². The fourth-order valence-electron chi connectivity index (χ4n) is 9.68. The van der Waals surface area contributed by atoms with Crippen LogP contribution in [0.4, 0.5) is 4.79 Å². The van der Waals surface area contributed by atoms with Crippen LogP contribution in [0.5, 0.6) is 5.75 Å². The maximum Gasteiger partial charge on any atom is 0.407 e. The Bertz CT molecular complexity index is 2620. The van der Waals surface area contributed by atoms with E-state index in [1.807, 2.05) is 80.1 Å². The molecule has 13 nitrogen and oxygen atoms in total. The predicted octanol–water partition coefficient (Wildman–Crippen LogP) is 8.44. The van der Waals surface area contributed by atoms with Crippen molar-refractivity contribution < 1.29 is 28.6 Å². The first-order valence-corrected chi connectivity index (χ1v) is 21.3. The number of imidazole rings is 2. The van der Waals surface area contributed by atoms with Crippen molar-refractivity contribution in [1.82, 2.24) is 35.1 Å². The first-order valence-electron chi connectivity index (χ1n) is 21.3. The molecule has 9 rings (SSSR count). The third-order valence-corrected chi connectivity index (χ3v) is 13.0. The normalized spacial score (nSPS) is 20.7. The first-order chi connectivity index (χ1) is 29.5. The summed E-state index contributed by atoms with van der Waals surface area (Å²) in [4.78, 5) is 61.0. The van der Waals surface area contributed by atoms with Gasteiger partial charge >= 0.3 is 6.09 Å². The van der Waals surface area contributed by atoms with Crippen LogP contribution in [0.3, 0.4) is 0 Å². The van der Waals surface area contributed by atoms with Crippen molar-refractivity contribution in [3.63, 3.8) is 0 Å². The van der Waals surface area contributed by atoms with E-state index < -0.39 is 12.1 Å². The minimum Gasteiger partial charge on any atom is -0.488 e. The number of carbonyl (C=O) groups is 3. The van der Waals surface area contributed by atoms with E-state index in [0.29, 0.717) is 19.8 Å². The number of H-pyrrole nitrogens is 2. The Morgan fingerprint density at radius 2 is 1.74 bits per heavy atom. The van der Waals surface area contributed by atoms with Gasteiger partial charge in [0, 0.05) is 36.6 Å². The van der Waals surface area contributed by atoms with Gasteiger partial charge in [0.2, 0.25) is 11.8 Å². The van der Waals surface area contributed by atoms with Crippen LogP contribution in [0.15, 0.2) is 79.0 Å². The maximum absolute atomic E-state index is 14.0. The summed E-state index contributed by atoms with van der Waals surface area (Å²) in [7, 11) is 3.01. The largest absolute Gasteiger partial charge is 0.488 e. The van der Waals surface area contributed by atoms with Crippen molar-refractivity contribution >= 4 is 39.7 Å². The number of ether oxygens (including phenoxy) is 3. The summed E-state index contributed by atoms with van der Waals surface area (Å²) in [6, 6.07) is 23.6. The molecule has 3 N–H and O–H groups in total. The van der Waals surface area contributed by atoms with Crippen molar-refractivity contribution in [3.05, 3.63) is 102 Å². The third-order valence-electron chi connectivity index (χ3n) is 13.0. The number of rotatable bonds is 10. The smallest absolute Gasteiger partial charge is 0.407 e. The number of methoxy groups -OCH3 is 2. The number of carbonyl (C=O) groups excluding carboxylic acids is 3. The lowest BCUT2D eigenvalue weighted by Crippen LogP contribution is -2.52. The van der Waals surface area contributed by atoms with Crippen LogP contribution in [0.2, 0.25) is 0 Å². The molecule has 0 radical (unpaired) electrons. The van der Waals surface area contributed by atoms with Crippen molar-refractivity contribution in [2.45, 2.75) is 83.6 Å². The Balaban J connectivity index is 0.973. The molecular formula is C48H53N7O6. The molecule has 6 aromatic rings. The van der Waals surface area contributed by atoms with E-state index in [1.165, 1.54) is 7.11 Å². The van der Waals surface area contributed by atoms with E-state index in [9.17, 15) is 14.4 Å². The number of hydrogen-bond donors (Lipinski definition) is 3. The molecule has 3 amide bonds. The summed E-state index contributed by atoms with van der Waals surface area (Å²) in [5.41, 5.74) is 7.76. The van der Waals surface area contributed by atoms with E-state index in [1.54, 1.807) is 7.11 Å². The highest BCUT2D eigenvalue weighted by Crippen LogP contribution is 2.44. The zero-order chi connectivity index (χ0) is 42.5. The lowest BCUT2D eigenvalue weighted by Gasteiger charge is -2.32. The number of fused-ring (bicyclic) bond motifs is 6. The number of hydrogen-bond acceptors (Lipinski definition) is 8. The molecule has 5 heterocycles. The summed E-state index contributed by atoms with van der Waals surface area (Å²) in [5, 5.41) is 4.74. The SMILES string of the molecule is COCC1CC(c2ncc(-c3ccc4c(c3)COc3cc5c(ccc6[nH]c([C@@H]7CC[C@H](C)N7C(=O)C(NC(=O)OC)C(C)C)nc65)cc3-4)[nH]2)N(C(=O)C(C)c2ccccc2)C1. The molecule has 0 saturated carbocycles. The fourth-order valence-corrected chi connectivity index (χ4v) is 9.68. The molecule has 3 aliphatic rings. The monoisotopic (exact) mass is 823 g/mol. The van der Waals surface area contributed by atoms with Crippen LogP contribution < -0.4 is 10.1 Å². The van der Waals surface area contributed by atoms with E-state index in [2.05, 4.69) is 51.7 Å². The molecule has 3 aliphatic heterocycles. The zero-order valence-corrected chi connectivity index (χ0v) is 35.5. The maximum atomic E-state index is 14.0. The number of nitrogens with one attached hydrogen (secondary N) is 3. The highest BCUT2D eigenvalue weighted by molar-refractivity contribution is 6.07. The Labute approximate surface area is 355 Å². The Morgan fingerprint density at radius 3 is 2.51 bits per heavy atom. The van der Waals surface area contributed by atoms with E-state index >= 15 is 0 Å². The minimum atomic E-state index is -0.719. The number of aromatic amines is 2. The third kappa shape index (κ3) is 7.38. The standard InChI is InChI=1S/C48H53N7O6/c1-26(2)42(53-48(58)60-6)47(57)55-27(3)12-17-39(55)45-50-37-16-14-31-20-36-34-15-13-32(19-33(34)25-61-41(36)21-35(31)43(37)52-45)38-22-49-44(51-38)40-18-29(24-59-5)23-54(40)46(56)28(4)30-10-8-7-9-11-30/h7-11,13-16,19-22,26-29,39-40,42H,12,17-18,23-25H2,1-6H3,(H,49,51)(H,50,52)(H,53,58)/t27-,28?,29?,39-,40?,42?/m0/s1. The van der Waals surface area contributed by atoms with Crippen LogP contribution in [0, 0.1) is 11.8 Å². The summed E-state index contributed by atoms with van der Waals surface area (Å²) >= 11 is 0. The average molecular weight is 824 g/mol. The topological polar surface area (TPSA) is 155 Å². The van der Waals surface area contributed by atoms with Gasteiger partial charge in [-0.15, -0.1) is 0 Å². The Kier molecular flexibility index (Phi) is 10.8. The van der Waals surface area contributed by atoms with Crippen LogP contribution in [-0.4, -0.2) is 87.1 Å². The second-order valence-corrected chi connectivity index (χ2v) is 17.2. The van der Waals surface area contributed by atoms with Crippen LogP contribution in [0.1, 0.15) is 87.7 Å². The van der Waals surface area contributed by atoms with Gasteiger partial charge in [0.1, 0.15) is 30.0 Å². The van der Waals surface area contributed by atoms with Gasteiger partial charge in [0.05, 0.1) is 54.6 Å². The number of alkyl carbamates (subject to hydrolysis) is 1. The molecule has 2 saturated heterocycles. The molecule has 4 unspecified atom stereocenters. The molecular weight excluding hydrogens is 771 g/mol. The Hall–Kier alpha value is -6.21. The van der Waals surface area contributed by atoms with Gasteiger partial charge in [-0.1, -0.05) is 62.4 Å². The molecule has 13 heteroatoms. The van der Waals surface area contributed by atoms with Gasteiger partial charge in [0.15, 0.2) is 0 Å². The van der Waals surface area contributed by atoms with Gasteiger partial charge in [-0.2, -0.15) is 0 Å². The molecule has 6 atom stereocenters. The highest BCUT2D eigenvalue weighted by atomic mass is 16.5. The lowest BCUT2D eigenvalue weighted by atomic mass is 9.92. The summed E-state index contributed by atoms with van der Waals surface area (Å²) in [5.74, 6) is 2.06. The predicted molar refractivity (Wildman–Crippen MR) is 233 cm³/mol. The van der Waals surface area contributed by atoms with Gasteiger partial charge < -0.3 is 39.3 Å². The fraction of sp³-hybridized carbons (Fsp3) is 0.396. The van der Waals surface area contributed by atoms with E-state index in [-0.39, 0.29) is 47.7 Å². The van der Waals surface area contributed by atoms with Gasteiger partial charge in [-0.3, -0.25) is 9.59 Å². The zero-order valence-electron chi connectivity index (χ0n) is 35.5. The first kappa shape index (κ1) is 40.2. The van der Waals surface area contributed by atoms with Gasteiger partial charge in [-0.05, 0) is 90.9 Å². The van der Waals surface area contributed by atoms with E-state index in [0.717, 1.165) is 92.0 Å². The summed E-state index contributed by atoms with van der Waals surface area (Å²) in [6.45, 7) is 9.46. The van der Waals surface area contributed by atoms with Crippen LogP contribution in [0.25, 0.3) is 44.2 Å². The van der Waals surface area contributed by atoms with Gasteiger partial charge in [0.25, 0.3) is 0 Å². The van der Waals surface area contributed by atoms with Crippen molar-refractivity contribution in [2.24, 2.45) is 11.8 Å². The molecule has 2 fully saturated rings. The van der Waals surface area contributed by atoms with Crippen molar-refractivity contribution in [3.8, 4) is 28.1 Å². The lowest BCUT2D eigenvalue weighted by molar-refractivity contribution is -0.137. The Morgan fingerprint density at radius 1 is 0.918 bits per heavy atom. The second kappa shape index (κ2) is 16.3. The molecule has 61 heavy (non-hydrogen) atoms. The molecule has 4 aromatic carbocycles. The van der Waals surface area contributed by atoms with Crippen molar-refractivity contribution in [2.75, 3.05) is 27.4 Å². The molecule has 0 aliphatic carbocycles. The quantitative estimate of drug-likeness (QED) is 0.124. The number of nitrogens with zero attached hydrogens (tertiary/aromatic N) is 4. The molecule has 2 aromatic heterocycles. The summed E-state index contributed by atoms with van der Waals surface area (Å²) in [6.07, 6.45) is 3.59. The van der Waals surface area contributed by atoms with E-state index in [4.69, 9.17) is 24.2 Å². The van der Waals surface area contributed by atoms with Crippen LogP contribution in [-0.2, 0) is 25.7 Å². The average Bonchev–Trinajstić information content (AvgIpc) is 4.10. The molecule has 0 bridgehead atoms. The minimum absolute atomic E-state index is 0.0178. The number of likely N-dealkylation sites (tertiary alicyclic amines) is 2. The number of benzene rings is 4. The highest BCUT2D eigenvalue weighted by Gasteiger charge is 2.42.